The molecule has 1 fully saturated rings. The molecule has 0 bridgehead atoms. The summed E-state index contributed by atoms with van der Waals surface area (Å²) in [6, 6.07) is 11.7. The van der Waals surface area contributed by atoms with Crippen molar-refractivity contribution in [2.45, 2.75) is 33.2 Å². The van der Waals surface area contributed by atoms with Gasteiger partial charge < -0.3 is 5.32 Å². The van der Waals surface area contributed by atoms with Crippen molar-refractivity contribution in [2.75, 3.05) is 28.9 Å². The van der Waals surface area contributed by atoms with Gasteiger partial charge in [-0.1, -0.05) is 12.1 Å². The van der Waals surface area contributed by atoms with E-state index >= 15 is 0 Å². The summed E-state index contributed by atoms with van der Waals surface area (Å²) < 4.78 is 39.5. The van der Waals surface area contributed by atoms with Gasteiger partial charge in [0.25, 0.3) is 0 Å². The van der Waals surface area contributed by atoms with E-state index in [4.69, 9.17) is 0 Å². The number of rotatable bonds is 7. The third-order valence-corrected chi connectivity index (χ3v) is 6.60. The molecule has 0 aromatic heterocycles. The van der Waals surface area contributed by atoms with Crippen LogP contribution in [0.25, 0.3) is 0 Å². The van der Waals surface area contributed by atoms with E-state index in [1.54, 1.807) is 38.1 Å². The molecule has 1 saturated heterocycles. The first-order valence-corrected chi connectivity index (χ1v) is 11.8. The van der Waals surface area contributed by atoms with Crippen molar-refractivity contribution in [1.82, 2.24) is 4.90 Å². The van der Waals surface area contributed by atoms with E-state index in [0.29, 0.717) is 24.5 Å². The Bertz CT molecular complexity index is 1010. The highest BCUT2D eigenvalue weighted by Crippen LogP contribution is 2.24. The van der Waals surface area contributed by atoms with Crippen molar-refractivity contribution in [3.05, 3.63) is 59.4 Å². The number of nitrogens with one attached hydrogen (secondary N) is 2. The molecule has 1 atom stereocenters. The molecule has 1 aliphatic rings. The number of carbonyl (C=O) groups excluding carboxylic acids is 1. The molecule has 1 heterocycles. The zero-order valence-corrected chi connectivity index (χ0v) is 18.1. The van der Waals surface area contributed by atoms with Crippen molar-refractivity contribution in [3.63, 3.8) is 0 Å². The molecule has 6 nitrogen and oxygen atoms in total. The number of benzene rings is 2. The average Bonchev–Trinajstić information content (AvgIpc) is 2.70. The Morgan fingerprint density at radius 3 is 2.73 bits per heavy atom. The van der Waals surface area contributed by atoms with Gasteiger partial charge in [0.1, 0.15) is 5.82 Å². The van der Waals surface area contributed by atoms with Gasteiger partial charge in [0.15, 0.2) is 0 Å². The predicted molar refractivity (Wildman–Crippen MR) is 117 cm³/mol. The normalized spacial score (nSPS) is 17.5. The maximum atomic E-state index is 13.4. The Balaban J connectivity index is 1.60. The van der Waals surface area contributed by atoms with Crippen LogP contribution in [-0.2, 0) is 21.4 Å². The molecule has 0 spiro atoms. The van der Waals surface area contributed by atoms with Gasteiger partial charge in [-0.15, -0.1) is 0 Å². The number of nitrogens with zero attached hydrogens (tertiary/aromatic N) is 1. The zero-order chi connectivity index (χ0) is 21.7. The second kappa shape index (κ2) is 9.57. The summed E-state index contributed by atoms with van der Waals surface area (Å²) in [5.41, 5.74) is 2.78. The zero-order valence-electron chi connectivity index (χ0n) is 17.3. The molecule has 1 unspecified atom stereocenters. The summed E-state index contributed by atoms with van der Waals surface area (Å²) >= 11 is 0. The molecule has 1 amide bonds. The van der Waals surface area contributed by atoms with Crippen LogP contribution in [-0.4, -0.2) is 38.1 Å². The average molecular weight is 434 g/mol. The van der Waals surface area contributed by atoms with Crippen molar-refractivity contribution in [3.8, 4) is 0 Å². The molecular formula is C22H28FN3O3S. The lowest BCUT2D eigenvalue weighted by atomic mass is 9.96. The van der Waals surface area contributed by atoms with Gasteiger partial charge in [-0.3, -0.25) is 14.4 Å². The van der Waals surface area contributed by atoms with Crippen LogP contribution in [0.2, 0.25) is 0 Å². The summed E-state index contributed by atoms with van der Waals surface area (Å²) in [6.45, 7) is 5.49. The van der Waals surface area contributed by atoms with E-state index < -0.39 is 10.0 Å². The molecule has 2 aromatic rings. The summed E-state index contributed by atoms with van der Waals surface area (Å²) in [5, 5.41) is 2.95. The van der Waals surface area contributed by atoms with Crippen LogP contribution >= 0.6 is 0 Å². The van der Waals surface area contributed by atoms with Gasteiger partial charge in [0.2, 0.25) is 15.9 Å². The molecule has 2 aromatic carbocycles. The number of amides is 1. The lowest BCUT2D eigenvalue weighted by Gasteiger charge is -2.32. The van der Waals surface area contributed by atoms with Crippen LogP contribution in [0.4, 0.5) is 15.8 Å². The van der Waals surface area contributed by atoms with Gasteiger partial charge in [-0.25, -0.2) is 12.8 Å². The molecule has 1 aliphatic heterocycles. The van der Waals surface area contributed by atoms with Crippen molar-refractivity contribution in [1.29, 1.82) is 0 Å². The highest BCUT2D eigenvalue weighted by Gasteiger charge is 2.26. The largest absolute Gasteiger partial charge is 0.326 e. The third-order valence-electron chi connectivity index (χ3n) is 5.31. The summed E-state index contributed by atoms with van der Waals surface area (Å²) in [6.07, 6.45) is 1.71. The monoisotopic (exact) mass is 433 g/mol. The lowest BCUT2D eigenvalue weighted by Crippen LogP contribution is -2.40. The molecular weight excluding hydrogens is 405 g/mol. The van der Waals surface area contributed by atoms with Crippen molar-refractivity contribution in [2.24, 2.45) is 5.92 Å². The maximum absolute atomic E-state index is 13.4. The first kappa shape index (κ1) is 22.2. The second-order valence-electron chi connectivity index (χ2n) is 7.73. The van der Waals surface area contributed by atoms with Crippen LogP contribution < -0.4 is 10.0 Å². The van der Waals surface area contributed by atoms with Crippen molar-refractivity contribution < 1.29 is 17.6 Å². The quantitative estimate of drug-likeness (QED) is 0.697. The van der Waals surface area contributed by atoms with Crippen LogP contribution in [0, 0.1) is 18.7 Å². The fraction of sp³-hybridized carbons (Fsp3) is 0.409. The van der Waals surface area contributed by atoms with E-state index in [0.717, 1.165) is 30.5 Å². The Labute approximate surface area is 177 Å². The summed E-state index contributed by atoms with van der Waals surface area (Å²) in [4.78, 5) is 15.0. The number of aryl methyl sites for hydroxylation is 1. The first-order chi connectivity index (χ1) is 14.3. The van der Waals surface area contributed by atoms with E-state index in [-0.39, 0.29) is 23.4 Å². The first-order valence-electron chi connectivity index (χ1n) is 10.1. The van der Waals surface area contributed by atoms with Gasteiger partial charge in [0.05, 0.1) is 17.4 Å². The Morgan fingerprint density at radius 2 is 2.03 bits per heavy atom. The smallest absolute Gasteiger partial charge is 0.232 e. The fourth-order valence-electron chi connectivity index (χ4n) is 3.65. The molecule has 162 valence electrons. The predicted octanol–water partition coefficient (Wildman–Crippen LogP) is 3.75. The Kier molecular flexibility index (Phi) is 7.10. The number of carbonyl (C=O) groups is 1. The Morgan fingerprint density at radius 1 is 1.23 bits per heavy atom. The fourth-order valence-corrected chi connectivity index (χ4v) is 4.36. The van der Waals surface area contributed by atoms with Crippen LogP contribution in [0.1, 0.15) is 30.9 Å². The molecule has 0 aliphatic carbocycles. The van der Waals surface area contributed by atoms with Gasteiger partial charge >= 0.3 is 0 Å². The number of hydrogen-bond donors (Lipinski definition) is 2. The highest BCUT2D eigenvalue weighted by atomic mass is 32.2. The molecule has 2 N–H and O–H groups in total. The SMILES string of the molecule is CCS(=O)(=O)Nc1ccc(NC(=O)C2CCCN(Cc3cccc(F)c3)C2)cc1C. The minimum absolute atomic E-state index is 0.00126. The van der Waals surface area contributed by atoms with E-state index in [1.807, 2.05) is 6.07 Å². The third kappa shape index (κ3) is 6.03. The number of anilines is 2. The molecule has 3 rings (SSSR count). The molecule has 30 heavy (non-hydrogen) atoms. The Hall–Kier alpha value is -2.45. The maximum Gasteiger partial charge on any atom is 0.232 e. The topological polar surface area (TPSA) is 78.5 Å². The van der Waals surface area contributed by atoms with Gasteiger partial charge in [0, 0.05) is 18.8 Å². The van der Waals surface area contributed by atoms with Crippen LogP contribution in [0.15, 0.2) is 42.5 Å². The molecule has 0 saturated carbocycles. The minimum atomic E-state index is -3.35. The van der Waals surface area contributed by atoms with Crippen molar-refractivity contribution >= 4 is 27.3 Å². The summed E-state index contributed by atoms with van der Waals surface area (Å²) in [7, 11) is -3.35. The van der Waals surface area contributed by atoms with Gasteiger partial charge in [-0.2, -0.15) is 0 Å². The van der Waals surface area contributed by atoms with Crippen LogP contribution in [0.5, 0.6) is 0 Å². The van der Waals surface area contributed by atoms with E-state index in [2.05, 4.69) is 14.9 Å². The number of hydrogen-bond acceptors (Lipinski definition) is 4. The summed E-state index contributed by atoms with van der Waals surface area (Å²) in [5.74, 6) is -0.455. The number of sulfonamides is 1. The minimum Gasteiger partial charge on any atom is -0.326 e. The van der Waals surface area contributed by atoms with Crippen LogP contribution in [0.3, 0.4) is 0 Å². The number of piperidine rings is 1. The van der Waals surface area contributed by atoms with E-state index in [9.17, 15) is 17.6 Å². The number of likely N-dealkylation sites (tertiary alicyclic amines) is 1. The number of halogens is 1. The molecule has 0 radical (unpaired) electrons. The molecule has 8 heteroatoms. The lowest BCUT2D eigenvalue weighted by molar-refractivity contribution is -0.121. The standard InChI is InChI=1S/C22H28FN3O3S/c1-3-30(28,29)25-21-10-9-20(12-16(21)2)24-22(27)18-7-5-11-26(15-18)14-17-6-4-8-19(23)13-17/h4,6,8-10,12-13,18,25H,3,5,7,11,14-15H2,1-2H3,(H,24,27). The highest BCUT2D eigenvalue weighted by molar-refractivity contribution is 7.92. The van der Waals surface area contributed by atoms with E-state index in [1.165, 1.54) is 12.1 Å². The van der Waals surface area contributed by atoms with Gasteiger partial charge in [-0.05, 0) is 74.7 Å². The second-order valence-corrected chi connectivity index (χ2v) is 9.74.